The molecule has 0 amide bonds. The Bertz CT molecular complexity index is 363. The van der Waals surface area contributed by atoms with E-state index in [0.717, 1.165) is 18.7 Å². The van der Waals surface area contributed by atoms with Gasteiger partial charge in [0.2, 0.25) is 0 Å². The van der Waals surface area contributed by atoms with Gasteiger partial charge in [-0.1, -0.05) is 17.7 Å². The maximum Gasteiger partial charge on any atom is 0.121 e. The Morgan fingerprint density at radius 1 is 1.53 bits per heavy atom. The smallest absolute Gasteiger partial charge is 0.121 e. The number of aromatic hydroxyl groups is 1. The number of rotatable bonds is 4. The summed E-state index contributed by atoms with van der Waals surface area (Å²) in [4.78, 5) is 2.35. The second-order valence-corrected chi connectivity index (χ2v) is 5.19. The summed E-state index contributed by atoms with van der Waals surface area (Å²) in [6.07, 6.45) is 1.25. The van der Waals surface area contributed by atoms with Gasteiger partial charge in [0.25, 0.3) is 0 Å². The molecule has 0 aromatic heterocycles. The van der Waals surface area contributed by atoms with Crippen molar-refractivity contribution < 1.29 is 5.11 Å². The summed E-state index contributed by atoms with van der Waals surface area (Å²) in [5, 5.41) is 13.7. The zero-order valence-electron chi connectivity index (χ0n) is 10.1. The summed E-state index contributed by atoms with van der Waals surface area (Å²) >= 11 is 6.04. The number of hydrogen-bond donors (Lipinski definition) is 2. The average Bonchev–Trinajstić information content (AvgIpc) is 2.69. The second-order valence-electron chi connectivity index (χ2n) is 4.79. The van der Waals surface area contributed by atoms with E-state index in [4.69, 9.17) is 11.6 Å². The predicted molar refractivity (Wildman–Crippen MR) is 70.4 cm³/mol. The fourth-order valence-corrected chi connectivity index (χ4v) is 2.55. The highest BCUT2D eigenvalue weighted by atomic mass is 35.5. The van der Waals surface area contributed by atoms with Crippen molar-refractivity contribution >= 4 is 11.6 Å². The largest absolute Gasteiger partial charge is 0.508 e. The summed E-state index contributed by atoms with van der Waals surface area (Å²) < 4.78 is 0. The molecule has 0 spiro atoms. The van der Waals surface area contributed by atoms with Crippen LogP contribution in [0, 0.1) is 5.92 Å². The summed E-state index contributed by atoms with van der Waals surface area (Å²) in [6, 6.07) is 5.24. The molecule has 0 aliphatic carbocycles. The first-order chi connectivity index (χ1) is 8.16. The Labute approximate surface area is 107 Å². The molecule has 3 nitrogen and oxygen atoms in total. The maximum atomic E-state index is 9.69. The van der Waals surface area contributed by atoms with Gasteiger partial charge in [-0.3, -0.25) is 0 Å². The van der Waals surface area contributed by atoms with Crippen LogP contribution in [0.15, 0.2) is 18.2 Å². The summed E-state index contributed by atoms with van der Waals surface area (Å²) in [6.45, 7) is 3.95. The second kappa shape index (κ2) is 5.71. The Morgan fingerprint density at radius 2 is 2.35 bits per heavy atom. The molecule has 1 unspecified atom stereocenters. The minimum atomic E-state index is 0.272. The molecular weight excluding hydrogens is 236 g/mol. The number of likely N-dealkylation sites (tertiary alicyclic amines) is 1. The average molecular weight is 255 g/mol. The fourth-order valence-electron chi connectivity index (χ4n) is 2.32. The van der Waals surface area contributed by atoms with Crippen molar-refractivity contribution in [3.63, 3.8) is 0 Å². The highest BCUT2D eigenvalue weighted by Gasteiger charge is 2.18. The van der Waals surface area contributed by atoms with Crippen molar-refractivity contribution in [2.24, 2.45) is 5.92 Å². The van der Waals surface area contributed by atoms with Crippen LogP contribution in [0.3, 0.4) is 0 Å². The molecule has 4 heteroatoms. The van der Waals surface area contributed by atoms with E-state index in [1.54, 1.807) is 12.1 Å². The SMILES string of the molecule is CN1CCC(CNCc2c(O)cccc2Cl)C1. The molecule has 1 saturated heterocycles. The van der Waals surface area contributed by atoms with Gasteiger partial charge in [-0.15, -0.1) is 0 Å². The van der Waals surface area contributed by atoms with Crippen LogP contribution in [-0.2, 0) is 6.54 Å². The van der Waals surface area contributed by atoms with Crippen LogP contribution in [0.1, 0.15) is 12.0 Å². The number of hydrogen-bond acceptors (Lipinski definition) is 3. The third-order valence-electron chi connectivity index (χ3n) is 3.32. The van der Waals surface area contributed by atoms with Crippen molar-refractivity contribution in [1.82, 2.24) is 10.2 Å². The fraction of sp³-hybridized carbons (Fsp3) is 0.538. The topological polar surface area (TPSA) is 35.5 Å². The molecule has 1 aliphatic heterocycles. The van der Waals surface area contributed by atoms with E-state index in [1.165, 1.54) is 13.0 Å². The monoisotopic (exact) mass is 254 g/mol. The number of nitrogens with zero attached hydrogens (tertiary/aromatic N) is 1. The van der Waals surface area contributed by atoms with Crippen molar-refractivity contribution in [1.29, 1.82) is 0 Å². The molecule has 0 radical (unpaired) electrons. The van der Waals surface area contributed by atoms with Crippen LogP contribution < -0.4 is 5.32 Å². The van der Waals surface area contributed by atoms with Gasteiger partial charge in [-0.05, 0) is 44.6 Å². The van der Waals surface area contributed by atoms with Gasteiger partial charge in [0.1, 0.15) is 5.75 Å². The van der Waals surface area contributed by atoms with Crippen LogP contribution in [0.2, 0.25) is 5.02 Å². The first kappa shape index (κ1) is 12.7. The predicted octanol–water partition coefficient (Wildman–Crippen LogP) is 2.09. The summed E-state index contributed by atoms with van der Waals surface area (Å²) in [5.41, 5.74) is 0.792. The van der Waals surface area contributed by atoms with E-state index in [1.807, 2.05) is 6.07 Å². The molecule has 1 fully saturated rings. The Kier molecular flexibility index (Phi) is 4.26. The van der Waals surface area contributed by atoms with Gasteiger partial charge in [0.05, 0.1) is 0 Å². The first-order valence-corrected chi connectivity index (χ1v) is 6.40. The molecule has 1 aromatic carbocycles. The molecule has 1 atom stereocenters. The number of phenolic OH excluding ortho intramolecular Hbond substituents is 1. The third-order valence-corrected chi connectivity index (χ3v) is 3.67. The summed E-state index contributed by atoms with van der Waals surface area (Å²) in [7, 11) is 2.15. The van der Waals surface area contributed by atoms with Crippen LogP contribution in [0.4, 0.5) is 0 Å². The number of nitrogens with one attached hydrogen (secondary N) is 1. The van der Waals surface area contributed by atoms with Gasteiger partial charge < -0.3 is 15.3 Å². The third kappa shape index (κ3) is 3.35. The minimum absolute atomic E-state index is 0.272. The first-order valence-electron chi connectivity index (χ1n) is 6.02. The van der Waals surface area contributed by atoms with Crippen molar-refractivity contribution in [2.45, 2.75) is 13.0 Å². The van der Waals surface area contributed by atoms with E-state index < -0.39 is 0 Å². The van der Waals surface area contributed by atoms with Crippen LogP contribution in [0.5, 0.6) is 5.75 Å². The van der Waals surface area contributed by atoms with Crippen molar-refractivity contribution in [2.75, 3.05) is 26.7 Å². The highest BCUT2D eigenvalue weighted by Crippen LogP contribution is 2.25. The molecule has 2 N–H and O–H groups in total. The standard InChI is InChI=1S/C13H19ClN2O/c1-16-6-5-10(9-16)7-15-8-11-12(14)3-2-4-13(11)17/h2-4,10,15,17H,5-9H2,1H3. The lowest BCUT2D eigenvalue weighted by Gasteiger charge is -2.13. The van der Waals surface area contributed by atoms with E-state index in [9.17, 15) is 5.11 Å². The molecule has 1 aromatic rings. The Hall–Kier alpha value is -0.770. The Morgan fingerprint density at radius 3 is 3.00 bits per heavy atom. The van der Waals surface area contributed by atoms with E-state index in [0.29, 0.717) is 17.5 Å². The summed E-state index contributed by atoms with van der Waals surface area (Å²) in [5.74, 6) is 0.984. The molecule has 0 saturated carbocycles. The molecular formula is C13H19ClN2O. The van der Waals surface area contributed by atoms with Gasteiger partial charge >= 0.3 is 0 Å². The Balaban J connectivity index is 1.82. The molecule has 17 heavy (non-hydrogen) atoms. The quantitative estimate of drug-likeness (QED) is 0.864. The van der Waals surface area contributed by atoms with Gasteiger partial charge in [0.15, 0.2) is 0 Å². The van der Waals surface area contributed by atoms with Crippen molar-refractivity contribution in [3.8, 4) is 5.75 Å². The van der Waals surface area contributed by atoms with Crippen molar-refractivity contribution in [3.05, 3.63) is 28.8 Å². The highest BCUT2D eigenvalue weighted by molar-refractivity contribution is 6.31. The number of phenols is 1. The molecule has 94 valence electrons. The molecule has 0 bridgehead atoms. The maximum absolute atomic E-state index is 9.69. The normalized spacial score (nSPS) is 20.9. The van der Waals surface area contributed by atoms with Crippen LogP contribution >= 0.6 is 11.6 Å². The lowest BCUT2D eigenvalue weighted by atomic mass is 10.1. The van der Waals surface area contributed by atoms with E-state index in [2.05, 4.69) is 17.3 Å². The van der Waals surface area contributed by atoms with Crippen LogP contribution in [0.25, 0.3) is 0 Å². The van der Waals surface area contributed by atoms with Crippen LogP contribution in [-0.4, -0.2) is 36.7 Å². The van der Waals surface area contributed by atoms with E-state index >= 15 is 0 Å². The zero-order valence-corrected chi connectivity index (χ0v) is 10.9. The van der Waals surface area contributed by atoms with Gasteiger partial charge in [-0.25, -0.2) is 0 Å². The van der Waals surface area contributed by atoms with Gasteiger partial charge in [0, 0.05) is 23.7 Å². The molecule has 1 aliphatic rings. The van der Waals surface area contributed by atoms with E-state index in [-0.39, 0.29) is 5.75 Å². The number of benzene rings is 1. The lowest BCUT2D eigenvalue weighted by Crippen LogP contribution is -2.24. The van der Waals surface area contributed by atoms with Gasteiger partial charge in [-0.2, -0.15) is 0 Å². The minimum Gasteiger partial charge on any atom is -0.508 e. The zero-order chi connectivity index (χ0) is 12.3. The molecule has 2 rings (SSSR count). The number of halogens is 1. The lowest BCUT2D eigenvalue weighted by molar-refractivity contribution is 0.387. The molecule has 1 heterocycles.